The number of rotatable bonds is 12. The van der Waals surface area contributed by atoms with Crippen molar-refractivity contribution < 1.29 is 36.3 Å². The fraction of sp³-hybridized carbons (Fsp3) is 0.211. The first kappa shape index (κ1) is 34.7. The Kier molecular flexibility index (Phi) is 10.3. The molecule has 0 fully saturated rings. The summed E-state index contributed by atoms with van der Waals surface area (Å²) in [5, 5.41) is 0. The minimum atomic E-state index is -4.51. The summed E-state index contributed by atoms with van der Waals surface area (Å²) in [6.07, 6.45) is 0. The van der Waals surface area contributed by atoms with E-state index in [1.54, 1.807) is 103 Å². The van der Waals surface area contributed by atoms with Crippen molar-refractivity contribution in [1.82, 2.24) is 0 Å². The Morgan fingerprint density at radius 1 is 0.417 bits per heavy atom. The highest BCUT2D eigenvalue weighted by Crippen LogP contribution is 2.58. The summed E-state index contributed by atoms with van der Waals surface area (Å²) in [7, 11) is -9.02. The van der Waals surface area contributed by atoms with Crippen LogP contribution in [0.4, 0.5) is 0 Å². The molecule has 5 rings (SSSR count). The maximum atomic E-state index is 14.7. The van der Waals surface area contributed by atoms with Gasteiger partial charge in [0.05, 0.1) is 0 Å². The van der Waals surface area contributed by atoms with Crippen LogP contribution >= 0.6 is 15.6 Å². The quantitative estimate of drug-likeness (QED) is 0.120. The zero-order valence-electron chi connectivity index (χ0n) is 27.9. The van der Waals surface area contributed by atoms with E-state index in [1.807, 2.05) is 71.9 Å². The largest absolute Gasteiger partial charge is 0.647 e. The Morgan fingerprint density at radius 3 is 1.06 bits per heavy atom. The molecule has 5 aromatic carbocycles. The highest BCUT2D eigenvalue weighted by atomic mass is 31.2. The van der Waals surface area contributed by atoms with Crippen LogP contribution in [0.5, 0.6) is 34.5 Å². The van der Waals surface area contributed by atoms with Crippen molar-refractivity contribution >= 4 is 15.6 Å². The summed E-state index contributed by atoms with van der Waals surface area (Å²) in [5.41, 5.74) is 0.461. The van der Waals surface area contributed by atoms with Gasteiger partial charge in [-0.2, -0.15) is 9.13 Å². The summed E-state index contributed by atoms with van der Waals surface area (Å²) < 4.78 is 66.0. The molecule has 5 aromatic rings. The normalized spacial score (nSPS) is 12.1. The molecule has 0 saturated heterocycles. The van der Waals surface area contributed by atoms with E-state index in [0.717, 1.165) is 5.56 Å². The van der Waals surface area contributed by atoms with Crippen LogP contribution in [-0.4, -0.2) is 0 Å². The predicted molar refractivity (Wildman–Crippen MR) is 189 cm³/mol. The zero-order valence-corrected chi connectivity index (χ0v) is 29.7. The van der Waals surface area contributed by atoms with E-state index in [1.165, 1.54) is 0 Å². The first-order valence-corrected chi connectivity index (χ1v) is 18.4. The number of phosphoric acid groups is 2. The fourth-order valence-electron chi connectivity index (χ4n) is 4.54. The molecule has 0 amide bonds. The number of para-hydroxylation sites is 4. The number of hydrogen-bond donors (Lipinski definition) is 0. The van der Waals surface area contributed by atoms with Crippen molar-refractivity contribution in [3.63, 3.8) is 0 Å². The SMILES string of the molecule is CC(C)(C)c1cc(OP(=O)(Oc2ccccc2)Oc2ccccc2)c(OP(=O)(Oc2ccccc2)Oc2ccccc2)c(C(C)(C)C)c1. The van der Waals surface area contributed by atoms with Crippen LogP contribution in [0, 0.1) is 0 Å². The highest BCUT2D eigenvalue weighted by molar-refractivity contribution is 7.50. The van der Waals surface area contributed by atoms with E-state index >= 15 is 0 Å². The van der Waals surface area contributed by atoms with Gasteiger partial charge >= 0.3 is 15.6 Å². The molecule has 10 heteroatoms. The number of benzene rings is 5. The van der Waals surface area contributed by atoms with E-state index in [2.05, 4.69) is 0 Å². The lowest BCUT2D eigenvalue weighted by atomic mass is 9.80. The number of hydrogen-bond acceptors (Lipinski definition) is 8. The van der Waals surface area contributed by atoms with Crippen molar-refractivity contribution in [2.24, 2.45) is 0 Å². The minimum Gasteiger partial charge on any atom is -0.386 e. The van der Waals surface area contributed by atoms with E-state index in [9.17, 15) is 9.13 Å². The van der Waals surface area contributed by atoms with Crippen molar-refractivity contribution in [1.29, 1.82) is 0 Å². The minimum absolute atomic E-state index is 0.000700. The summed E-state index contributed by atoms with van der Waals surface area (Å²) >= 11 is 0. The monoisotopic (exact) mass is 686 g/mol. The first-order valence-electron chi connectivity index (χ1n) is 15.5. The van der Waals surface area contributed by atoms with Gasteiger partial charge in [0.25, 0.3) is 0 Å². The second kappa shape index (κ2) is 14.2. The molecule has 0 aliphatic carbocycles. The zero-order chi connectivity index (χ0) is 34.4. The third kappa shape index (κ3) is 9.25. The Hall–Kier alpha value is -4.64. The molecule has 0 unspecified atom stereocenters. The first-order chi connectivity index (χ1) is 22.7. The van der Waals surface area contributed by atoms with Gasteiger partial charge in [-0.15, -0.1) is 0 Å². The van der Waals surface area contributed by atoms with Gasteiger partial charge in [-0.3, -0.25) is 0 Å². The van der Waals surface area contributed by atoms with E-state index in [0.29, 0.717) is 5.56 Å². The molecule has 0 radical (unpaired) electrons. The molecule has 8 nitrogen and oxygen atoms in total. The fourth-order valence-corrected chi connectivity index (χ4v) is 7.07. The van der Waals surface area contributed by atoms with Gasteiger partial charge in [0.1, 0.15) is 23.0 Å². The van der Waals surface area contributed by atoms with Crippen LogP contribution in [0.2, 0.25) is 0 Å². The molecule has 0 aliphatic heterocycles. The summed E-state index contributed by atoms with van der Waals surface area (Å²) in [5.74, 6) is 0.998. The van der Waals surface area contributed by atoms with Crippen molar-refractivity contribution in [2.45, 2.75) is 52.4 Å². The molecular weight excluding hydrogens is 646 g/mol. The van der Waals surface area contributed by atoms with Crippen LogP contribution in [0.15, 0.2) is 133 Å². The van der Waals surface area contributed by atoms with E-state index < -0.39 is 21.1 Å². The molecule has 0 heterocycles. The second-order valence-corrected chi connectivity index (χ2v) is 15.9. The van der Waals surface area contributed by atoms with Gasteiger partial charge < -0.3 is 27.1 Å². The van der Waals surface area contributed by atoms with Crippen LogP contribution in [-0.2, 0) is 20.0 Å². The van der Waals surface area contributed by atoms with Gasteiger partial charge in [-0.25, -0.2) is 0 Å². The Bertz CT molecular complexity index is 1800. The summed E-state index contributed by atoms with van der Waals surface area (Å²) in [4.78, 5) is 0. The van der Waals surface area contributed by atoms with Crippen molar-refractivity contribution in [3.8, 4) is 34.5 Å². The average molecular weight is 687 g/mol. The summed E-state index contributed by atoms with van der Waals surface area (Å²) in [6.45, 7) is 12.1. The van der Waals surface area contributed by atoms with E-state index in [-0.39, 0.29) is 39.9 Å². The maximum absolute atomic E-state index is 14.7. The van der Waals surface area contributed by atoms with Gasteiger partial charge in [-0.05, 0) is 71.0 Å². The number of phosphoric ester groups is 2. The molecule has 0 saturated carbocycles. The average Bonchev–Trinajstić information content (AvgIpc) is 3.02. The second-order valence-electron chi connectivity index (χ2n) is 13.0. The lowest BCUT2D eigenvalue weighted by Gasteiger charge is -2.30. The molecule has 0 spiro atoms. The third-order valence-electron chi connectivity index (χ3n) is 6.98. The standard InChI is InChI=1S/C38H40O8P2/c1-37(2,3)29-27-34(38(4,5)6)36(46-48(40,43-32-23-15-9-16-24-32)44-33-25-17-10-18-26-33)35(28-29)45-47(39,41-30-19-11-7-12-20-30)42-31-21-13-8-14-22-31/h7-28H,1-6H3. The van der Waals surface area contributed by atoms with Crippen LogP contribution in [0.3, 0.4) is 0 Å². The topological polar surface area (TPSA) is 89.5 Å². The Labute approximate surface area is 282 Å². The Morgan fingerprint density at radius 2 is 0.750 bits per heavy atom. The van der Waals surface area contributed by atoms with Gasteiger partial charge in [0, 0.05) is 5.56 Å². The molecule has 0 N–H and O–H groups in total. The summed E-state index contributed by atoms with van der Waals surface area (Å²) in [6, 6.07) is 38.0. The molecule has 48 heavy (non-hydrogen) atoms. The van der Waals surface area contributed by atoms with Crippen LogP contribution < -0.4 is 27.1 Å². The van der Waals surface area contributed by atoms with Crippen molar-refractivity contribution in [2.75, 3.05) is 0 Å². The molecular formula is C38H40O8P2. The van der Waals surface area contributed by atoms with Gasteiger partial charge in [0.2, 0.25) is 0 Å². The van der Waals surface area contributed by atoms with E-state index in [4.69, 9.17) is 27.1 Å². The molecule has 250 valence electrons. The highest BCUT2D eigenvalue weighted by Gasteiger charge is 2.41. The predicted octanol–water partition coefficient (Wildman–Crippen LogP) is 11.6. The third-order valence-corrected chi connectivity index (χ3v) is 9.55. The lowest BCUT2D eigenvalue weighted by molar-refractivity contribution is 0.276. The van der Waals surface area contributed by atoms with Gasteiger partial charge in [-0.1, -0.05) is 120 Å². The van der Waals surface area contributed by atoms with Gasteiger partial charge in [0.15, 0.2) is 11.5 Å². The molecule has 0 aromatic heterocycles. The van der Waals surface area contributed by atoms with Crippen LogP contribution in [0.25, 0.3) is 0 Å². The Balaban J connectivity index is 1.69. The van der Waals surface area contributed by atoms with Crippen LogP contribution in [0.1, 0.15) is 52.7 Å². The molecule has 0 bridgehead atoms. The maximum Gasteiger partial charge on any atom is 0.647 e. The molecule has 0 aliphatic rings. The smallest absolute Gasteiger partial charge is 0.386 e. The molecule has 0 atom stereocenters. The van der Waals surface area contributed by atoms with Crippen molar-refractivity contribution in [3.05, 3.63) is 145 Å². The lowest BCUT2D eigenvalue weighted by Crippen LogP contribution is -2.20.